The third-order valence-corrected chi connectivity index (χ3v) is 6.00. The molecule has 0 saturated heterocycles. The highest BCUT2D eigenvalue weighted by Crippen LogP contribution is 2.20. The van der Waals surface area contributed by atoms with Crippen LogP contribution in [-0.4, -0.2) is 55.9 Å². The van der Waals surface area contributed by atoms with Crippen molar-refractivity contribution in [2.75, 3.05) is 43.8 Å². The number of sulfonamides is 2. The molecule has 0 bridgehead atoms. The van der Waals surface area contributed by atoms with Gasteiger partial charge in [0.1, 0.15) is 5.82 Å². The third kappa shape index (κ3) is 8.60. The molecular formula is C14H25ClFN3O5S2. The van der Waals surface area contributed by atoms with Crippen LogP contribution in [0.4, 0.5) is 10.1 Å². The number of rotatable bonds is 12. The first-order chi connectivity index (χ1) is 11.7. The van der Waals surface area contributed by atoms with Crippen molar-refractivity contribution in [3.63, 3.8) is 0 Å². The molecule has 12 heteroatoms. The van der Waals surface area contributed by atoms with Crippen LogP contribution in [0.1, 0.15) is 13.3 Å². The van der Waals surface area contributed by atoms with Gasteiger partial charge in [-0.2, -0.15) is 0 Å². The van der Waals surface area contributed by atoms with Gasteiger partial charge in [0.2, 0.25) is 20.0 Å². The van der Waals surface area contributed by atoms with E-state index in [1.807, 2.05) is 0 Å². The van der Waals surface area contributed by atoms with Gasteiger partial charge in [-0.25, -0.2) is 25.9 Å². The van der Waals surface area contributed by atoms with E-state index in [4.69, 9.17) is 4.74 Å². The Morgan fingerprint density at radius 2 is 1.81 bits per heavy atom. The number of methoxy groups -OCH3 is 1. The fourth-order valence-electron chi connectivity index (χ4n) is 1.89. The zero-order valence-corrected chi connectivity index (χ0v) is 17.1. The van der Waals surface area contributed by atoms with Crippen molar-refractivity contribution in [3.8, 4) is 0 Å². The highest BCUT2D eigenvalue weighted by molar-refractivity contribution is 7.92. The molecule has 0 atom stereocenters. The van der Waals surface area contributed by atoms with E-state index in [9.17, 15) is 21.2 Å². The van der Waals surface area contributed by atoms with E-state index in [2.05, 4.69) is 14.8 Å². The third-order valence-electron chi connectivity index (χ3n) is 3.07. The number of nitrogens with one attached hydrogen (secondary N) is 3. The summed E-state index contributed by atoms with van der Waals surface area (Å²) in [6, 6.07) is 3.02. The van der Waals surface area contributed by atoms with Gasteiger partial charge >= 0.3 is 0 Å². The monoisotopic (exact) mass is 433 g/mol. The zero-order chi connectivity index (χ0) is 18.9. The van der Waals surface area contributed by atoms with Crippen LogP contribution in [0, 0.1) is 5.82 Å². The molecule has 1 aromatic carbocycles. The molecule has 8 nitrogen and oxygen atoms in total. The number of anilines is 1. The van der Waals surface area contributed by atoms with Gasteiger partial charge in [-0.15, -0.1) is 12.4 Å². The standard InChI is InChI=1S/C14H24FN3O5S2.ClH/c1-3-10-24(19,20)18-14-5-4-12(11-13(14)15)25(21,22)17-7-6-16-8-9-23-2;/h4-5,11,16-18H,3,6-10H2,1-2H3;1H. The van der Waals surface area contributed by atoms with Gasteiger partial charge in [-0.3, -0.25) is 4.72 Å². The van der Waals surface area contributed by atoms with Crippen LogP contribution >= 0.6 is 12.4 Å². The topological polar surface area (TPSA) is 114 Å². The lowest BCUT2D eigenvalue weighted by Crippen LogP contribution is -2.33. The van der Waals surface area contributed by atoms with Gasteiger partial charge in [0.15, 0.2) is 0 Å². The second kappa shape index (κ2) is 11.7. The average Bonchev–Trinajstić information content (AvgIpc) is 2.52. The van der Waals surface area contributed by atoms with Crippen molar-refractivity contribution in [2.24, 2.45) is 0 Å². The van der Waals surface area contributed by atoms with E-state index >= 15 is 0 Å². The maximum absolute atomic E-state index is 14.0. The van der Waals surface area contributed by atoms with Crippen LogP contribution in [0.3, 0.4) is 0 Å². The molecule has 0 aromatic heterocycles. The van der Waals surface area contributed by atoms with Crippen molar-refractivity contribution in [1.29, 1.82) is 0 Å². The number of benzene rings is 1. The molecule has 0 saturated carbocycles. The van der Waals surface area contributed by atoms with E-state index in [0.29, 0.717) is 26.1 Å². The van der Waals surface area contributed by atoms with E-state index < -0.39 is 25.9 Å². The predicted molar refractivity (Wildman–Crippen MR) is 101 cm³/mol. The number of hydrogen-bond acceptors (Lipinski definition) is 6. The van der Waals surface area contributed by atoms with Crippen LogP contribution in [0.2, 0.25) is 0 Å². The first-order valence-electron chi connectivity index (χ1n) is 7.71. The molecule has 1 rings (SSSR count). The highest BCUT2D eigenvalue weighted by Gasteiger charge is 2.18. The highest BCUT2D eigenvalue weighted by atomic mass is 35.5. The summed E-state index contributed by atoms with van der Waals surface area (Å²) in [5, 5.41) is 2.97. The summed E-state index contributed by atoms with van der Waals surface area (Å²) in [5.41, 5.74) is -0.284. The Morgan fingerprint density at radius 1 is 1.12 bits per heavy atom. The van der Waals surface area contributed by atoms with Crippen LogP contribution in [-0.2, 0) is 24.8 Å². The molecule has 0 unspecified atom stereocenters. The molecule has 0 aliphatic heterocycles. The summed E-state index contributed by atoms with van der Waals surface area (Å²) in [5.74, 6) is -1.11. The van der Waals surface area contributed by atoms with Gasteiger partial charge in [0, 0.05) is 26.7 Å². The molecule has 0 radical (unpaired) electrons. The normalized spacial score (nSPS) is 11.8. The van der Waals surface area contributed by atoms with Crippen molar-refractivity contribution in [2.45, 2.75) is 18.2 Å². The number of halogens is 2. The van der Waals surface area contributed by atoms with Gasteiger partial charge in [0.05, 0.1) is 22.9 Å². The maximum Gasteiger partial charge on any atom is 0.240 e. The minimum Gasteiger partial charge on any atom is -0.383 e. The first kappa shape index (κ1) is 25.0. The van der Waals surface area contributed by atoms with Crippen molar-refractivity contribution in [1.82, 2.24) is 10.0 Å². The van der Waals surface area contributed by atoms with Gasteiger partial charge in [-0.05, 0) is 24.6 Å². The van der Waals surface area contributed by atoms with E-state index in [0.717, 1.165) is 18.2 Å². The lowest BCUT2D eigenvalue weighted by molar-refractivity contribution is 0.199. The lowest BCUT2D eigenvalue weighted by Gasteiger charge is -2.11. The summed E-state index contributed by atoms with van der Waals surface area (Å²) < 4.78 is 70.8. The van der Waals surface area contributed by atoms with Gasteiger partial charge in [0.25, 0.3) is 0 Å². The van der Waals surface area contributed by atoms with Gasteiger partial charge < -0.3 is 10.1 Å². The molecule has 26 heavy (non-hydrogen) atoms. The Hall–Kier alpha value is -0.980. The van der Waals surface area contributed by atoms with Crippen LogP contribution in [0.15, 0.2) is 23.1 Å². The number of ether oxygens (including phenoxy) is 1. The van der Waals surface area contributed by atoms with Crippen LogP contribution < -0.4 is 14.8 Å². The maximum atomic E-state index is 14.0. The molecule has 0 heterocycles. The summed E-state index contributed by atoms with van der Waals surface area (Å²) >= 11 is 0. The van der Waals surface area contributed by atoms with E-state index in [-0.39, 0.29) is 35.3 Å². The fraction of sp³-hybridized carbons (Fsp3) is 0.571. The molecular weight excluding hydrogens is 409 g/mol. The molecule has 0 aliphatic carbocycles. The Morgan fingerprint density at radius 3 is 2.38 bits per heavy atom. The quantitative estimate of drug-likeness (QED) is 0.422. The van der Waals surface area contributed by atoms with Crippen molar-refractivity contribution < 1.29 is 26.0 Å². The average molecular weight is 434 g/mol. The second-order valence-corrected chi connectivity index (χ2v) is 8.81. The Labute approximate surface area is 160 Å². The molecule has 3 N–H and O–H groups in total. The lowest BCUT2D eigenvalue weighted by atomic mass is 10.3. The van der Waals surface area contributed by atoms with Crippen molar-refractivity contribution >= 4 is 38.1 Å². The predicted octanol–water partition coefficient (Wildman–Crippen LogP) is 0.914. The first-order valence-corrected chi connectivity index (χ1v) is 10.8. The minimum atomic E-state index is -3.88. The minimum absolute atomic E-state index is 0. The summed E-state index contributed by atoms with van der Waals surface area (Å²) in [7, 11) is -5.98. The summed E-state index contributed by atoms with van der Waals surface area (Å²) in [4.78, 5) is -0.277. The molecule has 0 amide bonds. The fourth-order valence-corrected chi connectivity index (χ4v) is 4.07. The SMILES string of the molecule is CCCS(=O)(=O)Nc1ccc(S(=O)(=O)NCCNCCOC)cc1F.Cl. The molecule has 0 fully saturated rings. The van der Waals surface area contributed by atoms with Crippen LogP contribution in [0.5, 0.6) is 0 Å². The van der Waals surface area contributed by atoms with Crippen LogP contribution in [0.25, 0.3) is 0 Å². The Kier molecular flexibility index (Phi) is 11.2. The molecule has 152 valence electrons. The number of hydrogen-bond donors (Lipinski definition) is 3. The Bertz CT molecular complexity index is 760. The van der Waals surface area contributed by atoms with Crippen molar-refractivity contribution in [3.05, 3.63) is 24.0 Å². The second-order valence-electron chi connectivity index (χ2n) is 5.20. The summed E-state index contributed by atoms with van der Waals surface area (Å²) in [6.45, 7) is 3.28. The van der Waals surface area contributed by atoms with E-state index in [1.165, 1.54) is 0 Å². The van der Waals surface area contributed by atoms with Gasteiger partial charge in [-0.1, -0.05) is 6.92 Å². The summed E-state index contributed by atoms with van der Waals surface area (Å²) in [6.07, 6.45) is 0.381. The largest absolute Gasteiger partial charge is 0.383 e. The molecule has 0 spiro atoms. The Balaban J connectivity index is 0.00000625. The molecule has 0 aliphatic rings. The smallest absolute Gasteiger partial charge is 0.240 e. The van der Waals surface area contributed by atoms with E-state index in [1.54, 1.807) is 14.0 Å². The molecule has 1 aromatic rings. The zero-order valence-electron chi connectivity index (χ0n) is 14.6.